The van der Waals surface area contributed by atoms with E-state index in [0.717, 1.165) is 34.2 Å². The van der Waals surface area contributed by atoms with Crippen LogP contribution in [-0.4, -0.2) is 28.2 Å². The second kappa shape index (κ2) is 4.72. The topological polar surface area (TPSA) is 47.0 Å². The van der Waals surface area contributed by atoms with E-state index in [2.05, 4.69) is 45.1 Å². The molecule has 0 spiro atoms. The molecule has 2 aromatic heterocycles. The summed E-state index contributed by atoms with van der Waals surface area (Å²) in [6.45, 7) is 5.09. The van der Waals surface area contributed by atoms with Crippen molar-refractivity contribution in [2.75, 3.05) is 11.9 Å². The minimum atomic E-state index is -0.0525. The molecule has 2 unspecified atom stereocenters. The maximum atomic E-state index is 5.67. The maximum Gasteiger partial charge on any atom is 0.112 e. The van der Waals surface area contributed by atoms with Crippen LogP contribution in [0.15, 0.2) is 29.0 Å². The predicted molar refractivity (Wildman–Crippen MR) is 79.3 cm³/mol. The van der Waals surface area contributed by atoms with Crippen LogP contribution in [0.4, 0.5) is 5.69 Å². The van der Waals surface area contributed by atoms with Crippen LogP contribution >= 0.6 is 15.9 Å². The maximum absolute atomic E-state index is 5.67. The van der Waals surface area contributed by atoms with Crippen molar-refractivity contribution in [1.29, 1.82) is 0 Å². The third-order valence-corrected chi connectivity index (χ3v) is 4.28. The number of halogens is 1. The van der Waals surface area contributed by atoms with Crippen molar-refractivity contribution in [3.05, 3.63) is 29.0 Å². The molecule has 0 bridgehead atoms. The molecule has 1 aliphatic heterocycles. The molecule has 0 aromatic carbocycles. The second-order valence-corrected chi connectivity index (χ2v) is 6.10. The first kappa shape index (κ1) is 12.8. The van der Waals surface area contributed by atoms with Crippen LogP contribution in [0.25, 0.3) is 11.0 Å². The van der Waals surface area contributed by atoms with Gasteiger partial charge in [0.1, 0.15) is 5.52 Å². The van der Waals surface area contributed by atoms with E-state index in [9.17, 15) is 0 Å². The number of ether oxygens (including phenoxy) is 1. The molecule has 4 nitrogen and oxygen atoms in total. The summed E-state index contributed by atoms with van der Waals surface area (Å²) in [5.74, 6) is 0. The van der Waals surface area contributed by atoms with Gasteiger partial charge in [0.05, 0.1) is 22.8 Å². The molecule has 3 heterocycles. The number of hydrogen-bond acceptors (Lipinski definition) is 4. The molecule has 1 aliphatic rings. The summed E-state index contributed by atoms with van der Waals surface area (Å²) in [4.78, 5) is 8.82. The largest absolute Gasteiger partial charge is 0.376 e. The average Bonchev–Trinajstić information content (AvgIpc) is 2.69. The minimum absolute atomic E-state index is 0.0525. The number of hydrogen-bond donors (Lipinski definition) is 1. The lowest BCUT2D eigenvalue weighted by Crippen LogP contribution is -2.41. The van der Waals surface area contributed by atoms with Gasteiger partial charge < -0.3 is 10.1 Å². The molecule has 0 radical (unpaired) electrons. The number of nitrogens with zero attached hydrogens (tertiary/aromatic N) is 2. The molecule has 2 aromatic rings. The zero-order valence-corrected chi connectivity index (χ0v) is 12.6. The Bertz CT molecular complexity index is 619. The van der Waals surface area contributed by atoms with Crippen LogP contribution in [0.2, 0.25) is 0 Å². The quantitative estimate of drug-likeness (QED) is 0.921. The summed E-state index contributed by atoms with van der Waals surface area (Å²) in [6, 6.07) is 3.95. The van der Waals surface area contributed by atoms with E-state index < -0.39 is 0 Å². The highest BCUT2D eigenvalue weighted by Crippen LogP contribution is 2.32. The van der Waals surface area contributed by atoms with Gasteiger partial charge >= 0.3 is 0 Å². The molecule has 100 valence electrons. The molecule has 3 rings (SSSR count). The van der Waals surface area contributed by atoms with Crippen LogP contribution < -0.4 is 5.32 Å². The summed E-state index contributed by atoms with van der Waals surface area (Å²) in [5.41, 5.74) is 2.74. The van der Waals surface area contributed by atoms with Crippen LogP contribution in [0, 0.1) is 0 Å². The Morgan fingerprint density at radius 2 is 2.32 bits per heavy atom. The lowest BCUT2D eigenvalue weighted by atomic mass is 9.94. The van der Waals surface area contributed by atoms with Crippen molar-refractivity contribution >= 4 is 32.7 Å². The van der Waals surface area contributed by atoms with E-state index in [-0.39, 0.29) is 11.6 Å². The van der Waals surface area contributed by atoms with E-state index >= 15 is 0 Å². The van der Waals surface area contributed by atoms with Crippen LogP contribution in [0.1, 0.15) is 20.3 Å². The van der Waals surface area contributed by atoms with Crippen LogP contribution in [0.5, 0.6) is 0 Å². The molecule has 0 amide bonds. The minimum Gasteiger partial charge on any atom is -0.376 e. The fourth-order valence-corrected chi connectivity index (χ4v) is 2.73. The van der Waals surface area contributed by atoms with E-state index in [4.69, 9.17) is 4.74 Å². The van der Waals surface area contributed by atoms with Gasteiger partial charge in [-0.25, -0.2) is 0 Å². The van der Waals surface area contributed by atoms with Crippen LogP contribution in [0.3, 0.4) is 0 Å². The Morgan fingerprint density at radius 3 is 3.05 bits per heavy atom. The first-order valence-electron chi connectivity index (χ1n) is 6.38. The number of aromatic nitrogens is 2. The van der Waals surface area contributed by atoms with Gasteiger partial charge in [-0.05, 0) is 48.3 Å². The SMILES string of the molecule is CC1OCCC1(C)Nc1ccnc2cc(Br)cnc12. The Balaban J connectivity index is 2.01. The molecule has 19 heavy (non-hydrogen) atoms. The van der Waals surface area contributed by atoms with E-state index in [1.54, 1.807) is 6.20 Å². The number of fused-ring (bicyclic) bond motifs is 1. The zero-order chi connectivity index (χ0) is 13.5. The molecule has 0 aliphatic carbocycles. The third-order valence-electron chi connectivity index (χ3n) is 3.85. The van der Waals surface area contributed by atoms with Gasteiger partial charge in [0.2, 0.25) is 0 Å². The number of rotatable bonds is 2. The van der Waals surface area contributed by atoms with Crippen molar-refractivity contribution < 1.29 is 4.74 Å². The van der Waals surface area contributed by atoms with Gasteiger partial charge in [-0.2, -0.15) is 0 Å². The fourth-order valence-electron chi connectivity index (χ4n) is 2.41. The second-order valence-electron chi connectivity index (χ2n) is 5.19. The standard InChI is InChI=1S/C14H16BrN3O/c1-9-14(2,4-6-19-9)18-11-3-5-16-12-7-10(15)8-17-13(11)12/h3,5,7-9H,4,6H2,1-2H3,(H,16,18). The van der Waals surface area contributed by atoms with Gasteiger partial charge in [0.25, 0.3) is 0 Å². The predicted octanol–water partition coefficient (Wildman–Crippen LogP) is 3.37. The smallest absolute Gasteiger partial charge is 0.112 e. The molecule has 2 atom stereocenters. The van der Waals surface area contributed by atoms with Crippen molar-refractivity contribution in [3.8, 4) is 0 Å². The highest BCUT2D eigenvalue weighted by Gasteiger charge is 2.37. The fraction of sp³-hybridized carbons (Fsp3) is 0.429. The number of pyridine rings is 2. The molecule has 1 fully saturated rings. The average molecular weight is 322 g/mol. The van der Waals surface area contributed by atoms with Gasteiger partial charge in [-0.3, -0.25) is 9.97 Å². The number of nitrogens with one attached hydrogen (secondary N) is 1. The van der Waals surface area contributed by atoms with Gasteiger partial charge in [0.15, 0.2) is 0 Å². The van der Waals surface area contributed by atoms with Crippen molar-refractivity contribution in [2.24, 2.45) is 0 Å². The Morgan fingerprint density at radius 1 is 1.47 bits per heavy atom. The monoisotopic (exact) mass is 321 g/mol. The van der Waals surface area contributed by atoms with Gasteiger partial charge in [-0.1, -0.05) is 0 Å². The van der Waals surface area contributed by atoms with Crippen molar-refractivity contribution in [2.45, 2.75) is 31.9 Å². The van der Waals surface area contributed by atoms with E-state index in [0.29, 0.717) is 0 Å². The molecule has 1 saturated heterocycles. The van der Waals surface area contributed by atoms with Gasteiger partial charge in [-0.15, -0.1) is 0 Å². The summed E-state index contributed by atoms with van der Waals surface area (Å²) < 4.78 is 6.60. The Hall–Kier alpha value is -1.20. The van der Waals surface area contributed by atoms with E-state index in [1.807, 2.05) is 18.3 Å². The molecular formula is C14H16BrN3O. The summed E-state index contributed by atoms with van der Waals surface area (Å²) in [6.07, 6.45) is 4.79. The Labute approximate surface area is 120 Å². The first-order valence-corrected chi connectivity index (χ1v) is 7.18. The van der Waals surface area contributed by atoms with Crippen LogP contribution in [-0.2, 0) is 4.74 Å². The molecule has 0 saturated carbocycles. The highest BCUT2D eigenvalue weighted by atomic mass is 79.9. The number of anilines is 1. The highest BCUT2D eigenvalue weighted by molar-refractivity contribution is 9.10. The Kier molecular flexibility index (Phi) is 3.19. The lowest BCUT2D eigenvalue weighted by Gasteiger charge is -2.30. The van der Waals surface area contributed by atoms with Crippen molar-refractivity contribution in [3.63, 3.8) is 0 Å². The van der Waals surface area contributed by atoms with E-state index in [1.165, 1.54) is 0 Å². The molecular weight excluding hydrogens is 306 g/mol. The summed E-state index contributed by atoms with van der Waals surface area (Å²) >= 11 is 3.42. The zero-order valence-electron chi connectivity index (χ0n) is 11.0. The first-order chi connectivity index (χ1) is 9.08. The lowest BCUT2D eigenvalue weighted by molar-refractivity contribution is 0.105. The molecule has 5 heteroatoms. The van der Waals surface area contributed by atoms with Crippen molar-refractivity contribution in [1.82, 2.24) is 9.97 Å². The summed E-state index contributed by atoms with van der Waals surface area (Å²) in [5, 5.41) is 3.59. The molecule has 1 N–H and O–H groups in total. The van der Waals surface area contributed by atoms with Gasteiger partial charge in [0, 0.05) is 23.5 Å². The third kappa shape index (κ3) is 2.32. The summed E-state index contributed by atoms with van der Waals surface area (Å²) in [7, 11) is 0. The normalized spacial score (nSPS) is 26.8.